The van der Waals surface area contributed by atoms with Crippen LogP contribution in [0.2, 0.25) is 0 Å². The normalized spacial score (nSPS) is 34.4. The van der Waals surface area contributed by atoms with Crippen LogP contribution in [0.4, 0.5) is 0 Å². The van der Waals surface area contributed by atoms with Crippen LogP contribution in [0, 0.1) is 17.8 Å². The zero-order valence-electron chi connectivity index (χ0n) is 13.4. The van der Waals surface area contributed by atoms with Crippen molar-refractivity contribution in [1.82, 2.24) is 0 Å². The van der Waals surface area contributed by atoms with Gasteiger partial charge in [-0.3, -0.25) is 0 Å². The average Bonchev–Trinajstić information content (AvgIpc) is 2.11. The highest BCUT2D eigenvalue weighted by Crippen LogP contribution is 2.44. The molecule has 2 unspecified atom stereocenters. The van der Waals surface area contributed by atoms with Crippen LogP contribution < -0.4 is 17.2 Å². The van der Waals surface area contributed by atoms with E-state index in [1.165, 1.54) is 0 Å². The highest BCUT2D eigenvalue weighted by molar-refractivity contribution is 5.04. The molecule has 1 rings (SSSR count). The van der Waals surface area contributed by atoms with Crippen molar-refractivity contribution < 1.29 is 5.11 Å². The van der Waals surface area contributed by atoms with E-state index in [1.54, 1.807) is 0 Å². The zero-order chi connectivity index (χ0) is 15.2. The number of rotatable bonds is 3. The fraction of sp³-hybridized carbons (Fsp3) is 1.00. The first-order valence-electron chi connectivity index (χ1n) is 7.29. The first-order chi connectivity index (χ1) is 8.24. The molecule has 0 aromatic rings. The van der Waals surface area contributed by atoms with E-state index in [0.717, 1.165) is 12.8 Å². The number of aliphatic hydroxyl groups excluding tert-OH is 1. The molecular formula is C15H33N3O. The van der Waals surface area contributed by atoms with E-state index in [-0.39, 0.29) is 17.4 Å². The van der Waals surface area contributed by atoms with E-state index in [9.17, 15) is 5.11 Å². The molecule has 0 amide bonds. The monoisotopic (exact) mass is 271 g/mol. The van der Waals surface area contributed by atoms with Gasteiger partial charge in [-0.1, -0.05) is 0 Å². The molecule has 0 bridgehead atoms. The van der Waals surface area contributed by atoms with Gasteiger partial charge in [0.25, 0.3) is 0 Å². The SMILES string of the molecule is CC(C)(N)C1CC(C(C)(C)N)C(O)C(C(C)(C)N)C1. The molecule has 19 heavy (non-hydrogen) atoms. The van der Waals surface area contributed by atoms with Gasteiger partial charge in [0.1, 0.15) is 0 Å². The van der Waals surface area contributed by atoms with Gasteiger partial charge in [0.15, 0.2) is 0 Å². The summed E-state index contributed by atoms with van der Waals surface area (Å²) in [5.41, 5.74) is 17.7. The van der Waals surface area contributed by atoms with Gasteiger partial charge in [-0.15, -0.1) is 0 Å². The summed E-state index contributed by atoms with van der Waals surface area (Å²) in [5.74, 6) is 0.389. The molecule has 1 saturated carbocycles. The number of aliphatic hydroxyl groups is 1. The lowest BCUT2D eigenvalue weighted by Crippen LogP contribution is -2.61. The Labute approximate surface area is 118 Å². The minimum absolute atomic E-state index is 0.0295. The molecule has 0 heterocycles. The summed E-state index contributed by atoms with van der Waals surface area (Å²) in [6.07, 6.45) is 1.26. The molecule has 4 nitrogen and oxygen atoms in total. The van der Waals surface area contributed by atoms with Gasteiger partial charge in [-0.25, -0.2) is 0 Å². The van der Waals surface area contributed by atoms with Gasteiger partial charge in [0, 0.05) is 28.5 Å². The van der Waals surface area contributed by atoms with Crippen LogP contribution in [0.15, 0.2) is 0 Å². The molecule has 0 spiro atoms. The molecule has 1 fully saturated rings. The van der Waals surface area contributed by atoms with Gasteiger partial charge < -0.3 is 22.3 Å². The smallest absolute Gasteiger partial charge is 0.0631 e. The van der Waals surface area contributed by atoms with E-state index >= 15 is 0 Å². The predicted molar refractivity (Wildman–Crippen MR) is 80.5 cm³/mol. The van der Waals surface area contributed by atoms with Crippen LogP contribution in [-0.2, 0) is 0 Å². The van der Waals surface area contributed by atoms with Crippen LogP contribution >= 0.6 is 0 Å². The molecule has 7 N–H and O–H groups in total. The molecule has 0 radical (unpaired) electrons. The Balaban J connectivity index is 3.08. The summed E-state index contributed by atoms with van der Waals surface area (Å²) in [7, 11) is 0. The zero-order valence-corrected chi connectivity index (χ0v) is 13.4. The Bertz CT molecular complexity index is 285. The maximum Gasteiger partial charge on any atom is 0.0631 e. The topological polar surface area (TPSA) is 98.3 Å². The fourth-order valence-corrected chi connectivity index (χ4v) is 3.36. The number of nitrogens with two attached hydrogens (primary N) is 3. The van der Waals surface area contributed by atoms with Gasteiger partial charge in [0.05, 0.1) is 6.10 Å². The molecule has 1 aliphatic rings. The highest BCUT2D eigenvalue weighted by Gasteiger charge is 2.48. The standard InChI is InChI=1S/C15H33N3O/c1-13(2,16)9-7-10(14(3,4)17)12(19)11(8-9)15(5,6)18/h9-12,19H,7-8,16-18H2,1-6H3. The quantitative estimate of drug-likeness (QED) is 0.620. The summed E-state index contributed by atoms with van der Waals surface area (Å²) in [5, 5.41) is 10.7. The molecule has 2 atom stereocenters. The van der Waals surface area contributed by atoms with Gasteiger partial charge in [-0.2, -0.15) is 0 Å². The van der Waals surface area contributed by atoms with Crippen molar-refractivity contribution in [3.05, 3.63) is 0 Å². The third-order valence-electron chi connectivity index (χ3n) is 4.86. The van der Waals surface area contributed by atoms with Crippen LogP contribution in [0.1, 0.15) is 54.4 Å². The van der Waals surface area contributed by atoms with Crippen molar-refractivity contribution in [2.45, 2.75) is 77.1 Å². The molecule has 0 aliphatic heterocycles. The van der Waals surface area contributed by atoms with Crippen LogP contribution in [0.5, 0.6) is 0 Å². The van der Waals surface area contributed by atoms with E-state index in [0.29, 0.717) is 5.92 Å². The third kappa shape index (κ3) is 3.91. The van der Waals surface area contributed by atoms with Gasteiger partial charge >= 0.3 is 0 Å². The minimum atomic E-state index is -0.460. The van der Waals surface area contributed by atoms with E-state index in [4.69, 9.17) is 17.2 Å². The lowest BCUT2D eigenvalue weighted by Gasteiger charge is -2.51. The summed E-state index contributed by atoms with van der Waals surface area (Å²) >= 11 is 0. The Morgan fingerprint density at radius 3 is 1.26 bits per heavy atom. The van der Waals surface area contributed by atoms with Crippen molar-refractivity contribution in [3.8, 4) is 0 Å². The Hall–Kier alpha value is -0.160. The maximum atomic E-state index is 10.7. The minimum Gasteiger partial charge on any atom is -0.392 e. The second-order valence-electron chi connectivity index (χ2n) is 8.34. The lowest BCUT2D eigenvalue weighted by molar-refractivity contribution is -0.0625. The van der Waals surface area contributed by atoms with Crippen LogP contribution in [-0.4, -0.2) is 27.8 Å². The van der Waals surface area contributed by atoms with Crippen molar-refractivity contribution in [1.29, 1.82) is 0 Å². The first kappa shape index (κ1) is 16.9. The summed E-state index contributed by atoms with van der Waals surface area (Å²) in [6, 6.07) is 0. The van der Waals surface area contributed by atoms with E-state index < -0.39 is 17.2 Å². The second-order valence-corrected chi connectivity index (χ2v) is 8.34. The van der Waals surface area contributed by atoms with Crippen molar-refractivity contribution in [2.24, 2.45) is 35.0 Å². The largest absolute Gasteiger partial charge is 0.392 e. The number of hydrogen-bond donors (Lipinski definition) is 4. The van der Waals surface area contributed by atoms with E-state index in [2.05, 4.69) is 13.8 Å². The van der Waals surface area contributed by atoms with Crippen LogP contribution in [0.3, 0.4) is 0 Å². The Morgan fingerprint density at radius 1 is 0.737 bits per heavy atom. The summed E-state index contributed by atoms with van der Waals surface area (Å²) in [6.45, 7) is 12.0. The van der Waals surface area contributed by atoms with Crippen molar-refractivity contribution >= 4 is 0 Å². The Morgan fingerprint density at radius 2 is 1.05 bits per heavy atom. The molecule has 0 saturated heterocycles. The summed E-state index contributed by atoms with van der Waals surface area (Å²) < 4.78 is 0. The molecule has 0 aromatic carbocycles. The van der Waals surface area contributed by atoms with Crippen molar-refractivity contribution in [2.75, 3.05) is 0 Å². The lowest BCUT2D eigenvalue weighted by atomic mass is 9.59. The molecule has 0 aromatic heterocycles. The second kappa shape index (κ2) is 4.99. The Kier molecular flexibility index (Phi) is 4.44. The third-order valence-corrected chi connectivity index (χ3v) is 4.86. The van der Waals surface area contributed by atoms with E-state index in [1.807, 2.05) is 27.7 Å². The molecule has 114 valence electrons. The maximum absolute atomic E-state index is 10.7. The van der Waals surface area contributed by atoms with Gasteiger partial charge in [0.2, 0.25) is 0 Å². The highest BCUT2D eigenvalue weighted by atomic mass is 16.3. The molecular weight excluding hydrogens is 238 g/mol. The first-order valence-corrected chi connectivity index (χ1v) is 7.29. The van der Waals surface area contributed by atoms with Crippen molar-refractivity contribution in [3.63, 3.8) is 0 Å². The molecule has 4 heteroatoms. The fourth-order valence-electron chi connectivity index (χ4n) is 3.36. The average molecular weight is 271 g/mol. The summed E-state index contributed by atoms with van der Waals surface area (Å²) in [4.78, 5) is 0. The number of hydrogen-bond acceptors (Lipinski definition) is 4. The van der Waals surface area contributed by atoms with Crippen LogP contribution in [0.25, 0.3) is 0 Å². The predicted octanol–water partition coefficient (Wildman–Crippen LogP) is 1.20. The van der Waals surface area contributed by atoms with Gasteiger partial charge in [-0.05, 0) is 60.3 Å². The molecule has 1 aliphatic carbocycles.